The molecule has 1 aliphatic carbocycles. The van der Waals surface area contributed by atoms with Crippen LogP contribution in [0.2, 0.25) is 0 Å². The lowest BCUT2D eigenvalue weighted by molar-refractivity contribution is -0.140. The molecular weight excluding hydrogens is 436 g/mol. The van der Waals surface area contributed by atoms with E-state index < -0.39 is 5.92 Å². The van der Waals surface area contributed by atoms with E-state index in [0.717, 1.165) is 21.6 Å². The molecule has 7 heteroatoms. The van der Waals surface area contributed by atoms with E-state index in [4.69, 9.17) is 10.00 Å². The van der Waals surface area contributed by atoms with E-state index in [-0.39, 0.29) is 36.4 Å². The zero-order chi connectivity index (χ0) is 23.4. The number of nitrogens with zero attached hydrogens (tertiary/aromatic N) is 1. The fraction of sp³-hybridized carbons (Fsp3) is 0.231. The molecule has 0 spiro atoms. The Labute approximate surface area is 195 Å². The first-order valence-electron chi connectivity index (χ1n) is 10.6. The van der Waals surface area contributed by atoms with Crippen LogP contribution >= 0.6 is 11.3 Å². The number of esters is 1. The number of ether oxygens (including phenoxy) is 1. The minimum atomic E-state index is -0.664. The van der Waals surface area contributed by atoms with Crippen molar-refractivity contribution in [1.29, 1.82) is 5.26 Å². The summed E-state index contributed by atoms with van der Waals surface area (Å²) >= 11 is 1.33. The van der Waals surface area contributed by atoms with Crippen LogP contribution in [-0.4, -0.2) is 24.8 Å². The molecule has 3 aromatic rings. The maximum Gasteiger partial charge on any atom is 0.306 e. The summed E-state index contributed by atoms with van der Waals surface area (Å²) in [7, 11) is 1.35. The van der Waals surface area contributed by atoms with Crippen LogP contribution in [0.3, 0.4) is 0 Å². The van der Waals surface area contributed by atoms with E-state index >= 15 is 0 Å². The van der Waals surface area contributed by atoms with Crippen LogP contribution in [0, 0.1) is 11.3 Å². The normalized spacial score (nSPS) is 16.7. The number of thiophene rings is 1. The Balaban J connectivity index is 1.65. The van der Waals surface area contributed by atoms with Gasteiger partial charge in [-0.25, -0.2) is 0 Å². The Morgan fingerprint density at radius 1 is 0.970 bits per heavy atom. The van der Waals surface area contributed by atoms with E-state index in [9.17, 15) is 14.4 Å². The molecule has 0 aliphatic heterocycles. The first kappa shape index (κ1) is 22.4. The molecule has 2 aromatic carbocycles. The van der Waals surface area contributed by atoms with Gasteiger partial charge in [0.05, 0.1) is 26.0 Å². The van der Waals surface area contributed by atoms with Crippen molar-refractivity contribution in [3.63, 3.8) is 0 Å². The number of nitrogens with one attached hydrogen (secondary N) is 1. The van der Waals surface area contributed by atoms with Crippen molar-refractivity contribution in [2.75, 3.05) is 7.11 Å². The molecule has 1 N–H and O–H groups in total. The molecule has 166 valence electrons. The van der Waals surface area contributed by atoms with Crippen LogP contribution in [0.1, 0.15) is 61.5 Å². The summed E-state index contributed by atoms with van der Waals surface area (Å²) in [6.07, 6.45) is 0.0991. The summed E-state index contributed by atoms with van der Waals surface area (Å²) in [4.78, 5) is 40.1. The molecule has 2 unspecified atom stereocenters. The molecule has 33 heavy (non-hydrogen) atoms. The average molecular weight is 459 g/mol. The minimum Gasteiger partial charge on any atom is -0.469 e. The molecule has 0 bridgehead atoms. The second-order valence-corrected chi connectivity index (χ2v) is 8.99. The van der Waals surface area contributed by atoms with Crippen LogP contribution in [0.25, 0.3) is 0 Å². The predicted octanol–water partition coefficient (Wildman–Crippen LogP) is 4.30. The van der Waals surface area contributed by atoms with Crippen molar-refractivity contribution < 1.29 is 19.1 Å². The standard InChI is InChI=1S/C26H22N2O4S/c1-32-25(30)13-22-18-6-2-3-7-19(18)23(26(31)21-9-5-4-8-20(21)22)12-24(29)28-15-17-11-10-16(14-27)33-17/h2-11,22-23H,12-13,15H2,1H3,(H,28,29). The number of amides is 1. The van der Waals surface area contributed by atoms with Crippen molar-refractivity contribution in [3.05, 3.63) is 92.7 Å². The molecule has 1 aromatic heterocycles. The summed E-state index contributed by atoms with van der Waals surface area (Å²) in [5.41, 5.74) is 2.91. The minimum absolute atomic E-state index is 0.00833. The molecule has 0 fully saturated rings. The number of nitriles is 1. The molecule has 6 nitrogen and oxygen atoms in total. The number of methoxy groups -OCH3 is 1. The summed E-state index contributed by atoms with van der Waals surface area (Å²) < 4.78 is 4.92. The number of carbonyl (C=O) groups excluding carboxylic acids is 3. The summed E-state index contributed by atoms with van der Waals surface area (Å²) in [5.74, 6) is -1.75. The first-order chi connectivity index (χ1) is 16.0. The predicted molar refractivity (Wildman–Crippen MR) is 124 cm³/mol. The molecule has 2 atom stereocenters. The number of carbonyl (C=O) groups is 3. The molecule has 4 rings (SSSR count). The fourth-order valence-electron chi connectivity index (χ4n) is 4.32. The van der Waals surface area contributed by atoms with Gasteiger partial charge in [-0.3, -0.25) is 14.4 Å². The van der Waals surface area contributed by atoms with E-state index in [1.165, 1.54) is 18.4 Å². The lowest BCUT2D eigenvalue weighted by Gasteiger charge is -2.20. The smallest absolute Gasteiger partial charge is 0.306 e. The number of benzene rings is 2. The summed E-state index contributed by atoms with van der Waals surface area (Å²) in [6.45, 7) is 0.301. The fourth-order valence-corrected chi connectivity index (χ4v) is 5.06. The zero-order valence-corrected chi connectivity index (χ0v) is 18.9. The van der Waals surface area contributed by atoms with Crippen molar-refractivity contribution in [2.24, 2.45) is 0 Å². The Morgan fingerprint density at radius 2 is 1.64 bits per heavy atom. The first-order valence-corrected chi connectivity index (χ1v) is 11.4. The van der Waals surface area contributed by atoms with Crippen molar-refractivity contribution in [3.8, 4) is 6.07 Å². The molecule has 0 saturated carbocycles. The zero-order valence-electron chi connectivity index (χ0n) is 18.0. The van der Waals surface area contributed by atoms with Gasteiger partial charge in [0.1, 0.15) is 10.9 Å². The van der Waals surface area contributed by atoms with Crippen LogP contribution in [-0.2, 0) is 20.9 Å². The molecular formula is C26H22N2O4S. The van der Waals surface area contributed by atoms with Gasteiger partial charge in [-0.15, -0.1) is 11.3 Å². The van der Waals surface area contributed by atoms with Crippen LogP contribution in [0.5, 0.6) is 0 Å². The topological polar surface area (TPSA) is 96.3 Å². The highest BCUT2D eigenvalue weighted by molar-refractivity contribution is 7.12. The van der Waals surface area contributed by atoms with Gasteiger partial charge in [0, 0.05) is 22.8 Å². The Morgan fingerprint density at radius 3 is 2.30 bits per heavy atom. The lowest BCUT2D eigenvalue weighted by atomic mass is 9.84. The monoisotopic (exact) mass is 458 g/mol. The van der Waals surface area contributed by atoms with Crippen molar-refractivity contribution >= 4 is 29.0 Å². The second-order valence-electron chi connectivity index (χ2n) is 7.82. The molecule has 1 heterocycles. The maximum absolute atomic E-state index is 13.6. The van der Waals surface area contributed by atoms with Gasteiger partial charge in [0.2, 0.25) is 5.91 Å². The second kappa shape index (κ2) is 9.80. The van der Waals surface area contributed by atoms with Gasteiger partial charge in [-0.05, 0) is 28.8 Å². The number of fused-ring (bicyclic) bond motifs is 2. The summed E-state index contributed by atoms with van der Waals surface area (Å²) in [6, 6.07) is 20.4. The Bertz CT molecular complexity index is 1260. The van der Waals surface area contributed by atoms with E-state index in [1.807, 2.05) is 42.5 Å². The van der Waals surface area contributed by atoms with E-state index in [0.29, 0.717) is 17.0 Å². The van der Waals surface area contributed by atoms with Crippen LogP contribution in [0.4, 0.5) is 0 Å². The third-order valence-electron chi connectivity index (χ3n) is 5.88. The van der Waals surface area contributed by atoms with E-state index in [2.05, 4.69) is 11.4 Å². The van der Waals surface area contributed by atoms with Gasteiger partial charge in [-0.2, -0.15) is 5.26 Å². The SMILES string of the molecule is COC(=O)CC1c2ccccc2C(=O)C(CC(=O)NCc2ccc(C#N)s2)c2ccccc21. The van der Waals surface area contributed by atoms with Crippen LogP contribution in [0.15, 0.2) is 60.7 Å². The number of ketones is 1. The number of hydrogen-bond donors (Lipinski definition) is 1. The Kier molecular flexibility index (Phi) is 6.66. The van der Waals surface area contributed by atoms with E-state index in [1.54, 1.807) is 18.2 Å². The van der Waals surface area contributed by atoms with Crippen LogP contribution < -0.4 is 5.32 Å². The molecule has 0 saturated heterocycles. The van der Waals surface area contributed by atoms with Crippen molar-refractivity contribution in [1.82, 2.24) is 5.32 Å². The summed E-state index contributed by atoms with van der Waals surface area (Å²) in [5, 5.41) is 11.8. The third-order valence-corrected chi connectivity index (χ3v) is 6.87. The quantitative estimate of drug-likeness (QED) is 0.556. The highest BCUT2D eigenvalue weighted by Crippen LogP contribution is 2.42. The molecule has 1 aliphatic rings. The third kappa shape index (κ3) is 4.71. The van der Waals surface area contributed by atoms with Gasteiger partial charge in [0.15, 0.2) is 5.78 Å². The Hall–Kier alpha value is -3.76. The number of hydrogen-bond acceptors (Lipinski definition) is 6. The average Bonchev–Trinajstić information content (AvgIpc) is 3.29. The molecule has 1 amide bonds. The van der Waals surface area contributed by atoms with Gasteiger partial charge in [0.25, 0.3) is 0 Å². The van der Waals surface area contributed by atoms with Crippen molar-refractivity contribution in [2.45, 2.75) is 31.2 Å². The maximum atomic E-state index is 13.6. The largest absolute Gasteiger partial charge is 0.469 e. The van der Waals surface area contributed by atoms with Gasteiger partial charge < -0.3 is 10.1 Å². The van der Waals surface area contributed by atoms with Gasteiger partial charge in [-0.1, -0.05) is 48.5 Å². The number of Topliss-reactive ketones (excluding diaryl/α,β-unsaturated/α-hetero) is 1. The molecule has 0 radical (unpaired) electrons. The lowest BCUT2D eigenvalue weighted by Crippen LogP contribution is -2.27. The number of rotatable bonds is 6. The highest BCUT2D eigenvalue weighted by atomic mass is 32.1. The van der Waals surface area contributed by atoms with Gasteiger partial charge >= 0.3 is 5.97 Å². The highest BCUT2D eigenvalue weighted by Gasteiger charge is 2.36.